The molecular weight excluding hydrogens is 562 g/mol. The summed E-state index contributed by atoms with van der Waals surface area (Å²) in [4.78, 5) is 29.7. The van der Waals surface area contributed by atoms with E-state index in [1.54, 1.807) is 37.4 Å². The van der Waals surface area contributed by atoms with E-state index in [0.717, 1.165) is 43.2 Å². The van der Waals surface area contributed by atoms with Crippen molar-refractivity contribution >= 4 is 27.5 Å². The lowest BCUT2D eigenvalue weighted by molar-refractivity contribution is -0.140. The summed E-state index contributed by atoms with van der Waals surface area (Å²) in [5.74, 6) is -0.0364. The van der Waals surface area contributed by atoms with Gasteiger partial charge in [-0.3, -0.25) is 13.9 Å². The second kappa shape index (κ2) is 15.0. The third-order valence-electron chi connectivity index (χ3n) is 8.08. The van der Waals surface area contributed by atoms with Gasteiger partial charge in [0, 0.05) is 12.6 Å². The normalized spacial score (nSPS) is 14.5. The number of anilines is 1. The van der Waals surface area contributed by atoms with Gasteiger partial charge in [-0.05, 0) is 67.1 Å². The average Bonchev–Trinajstić information content (AvgIpc) is 3.04. The predicted molar refractivity (Wildman–Crippen MR) is 169 cm³/mol. The third kappa shape index (κ3) is 7.96. The maximum atomic E-state index is 14.4. The summed E-state index contributed by atoms with van der Waals surface area (Å²) in [6.07, 6.45) is 6.10. The van der Waals surface area contributed by atoms with E-state index in [4.69, 9.17) is 4.74 Å². The van der Waals surface area contributed by atoms with E-state index in [1.807, 2.05) is 50.2 Å². The van der Waals surface area contributed by atoms with Crippen LogP contribution in [0.4, 0.5) is 5.69 Å². The van der Waals surface area contributed by atoms with Crippen LogP contribution in [0.15, 0.2) is 83.8 Å². The van der Waals surface area contributed by atoms with Crippen LogP contribution in [-0.4, -0.2) is 50.9 Å². The van der Waals surface area contributed by atoms with Crippen molar-refractivity contribution in [1.82, 2.24) is 10.2 Å². The van der Waals surface area contributed by atoms with Gasteiger partial charge in [-0.1, -0.05) is 81.6 Å². The Hall–Kier alpha value is -3.85. The molecular formula is C34H43N3O5S. The monoisotopic (exact) mass is 605 g/mol. The zero-order valence-corrected chi connectivity index (χ0v) is 26.2. The molecule has 1 atom stereocenters. The second-order valence-electron chi connectivity index (χ2n) is 10.9. The smallest absolute Gasteiger partial charge is 0.264 e. The molecule has 1 saturated carbocycles. The number of hydrogen-bond donors (Lipinski definition) is 1. The van der Waals surface area contributed by atoms with E-state index in [1.165, 1.54) is 21.3 Å². The molecule has 1 N–H and O–H groups in total. The first-order chi connectivity index (χ1) is 20.8. The topological polar surface area (TPSA) is 96.0 Å². The van der Waals surface area contributed by atoms with E-state index in [2.05, 4.69) is 5.32 Å². The lowest BCUT2D eigenvalue weighted by Gasteiger charge is -2.35. The molecule has 8 nitrogen and oxygen atoms in total. The second-order valence-corrected chi connectivity index (χ2v) is 12.8. The maximum Gasteiger partial charge on any atom is 0.264 e. The number of amides is 2. The highest BCUT2D eigenvalue weighted by Crippen LogP contribution is 2.29. The molecule has 0 heterocycles. The van der Waals surface area contributed by atoms with Crippen LogP contribution in [0.25, 0.3) is 0 Å². The molecule has 43 heavy (non-hydrogen) atoms. The molecule has 1 aliphatic rings. The molecule has 1 aliphatic carbocycles. The highest BCUT2D eigenvalue weighted by atomic mass is 32.2. The van der Waals surface area contributed by atoms with E-state index in [9.17, 15) is 18.0 Å². The minimum Gasteiger partial charge on any atom is -0.497 e. The summed E-state index contributed by atoms with van der Waals surface area (Å²) < 4.78 is 34.8. The number of ether oxygens (including phenoxy) is 1. The van der Waals surface area contributed by atoms with E-state index < -0.39 is 28.5 Å². The zero-order chi connectivity index (χ0) is 30.8. The van der Waals surface area contributed by atoms with Crippen molar-refractivity contribution in [3.8, 4) is 5.75 Å². The van der Waals surface area contributed by atoms with Gasteiger partial charge < -0.3 is 15.0 Å². The molecule has 0 radical (unpaired) electrons. The van der Waals surface area contributed by atoms with Crippen LogP contribution in [-0.2, 0) is 32.6 Å². The molecule has 0 aliphatic heterocycles. The Bertz CT molecular complexity index is 1470. The number of sulfonamides is 1. The molecule has 9 heteroatoms. The molecule has 4 rings (SSSR count). The molecule has 1 fully saturated rings. The number of benzene rings is 3. The largest absolute Gasteiger partial charge is 0.497 e. The van der Waals surface area contributed by atoms with Gasteiger partial charge in [0.15, 0.2) is 0 Å². The van der Waals surface area contributed by atoms with E-state index >= 15 is 0 Å². The molecule has 3 aromatic carbocycles. The lowest BCUT2D eigenvalue weighted by Crippen LogP contribution is -2.54. The molecule has 3 aromatic rings. The highest BCUT2D eigenvalue weighted by molar-refractivity contribution is 7.92. The lowest BCUT2D eigenvalue weighted by atomic mass is 9.95. The summed E-state index contributed by atoms with van der Waals surface area (Å²) in [5.41, 5.74) is 2.03. The van der Waals surface area contributed by atoms with Crippen LogP contribution in [0, 0.1) is 0 Å². The van der Waals surface area contributed by atoms with Crippen molar-refractivity contribution in [2.45, 2.75) is 82.3 Å². The molecule has 0 saturated heterocycles. The Labute approximate surface area is 256 Å². The van der Waals surface area contributed by atoms with Gasteiger partial charge >= 0.3 is 0 Å². The van der Waals surface area contributed by atoms with Gasteiger partial charge in [0.25, 0.3) is 10.0 Å². The number of methoxy groups -OCH3 is 1. The number of para-hydroxylation sites is 1. The number of carbonyl (C=O) groups excluding carboxylic acids is 2. The molecule has 230 valence electrons. The van der Waals surface area contributed by atoms with Crippen molar-refractivity contribution in [2.75, 3.05) is 18.0 Å². The Kier molecular flexibility index (Phi) is 11.2. The first-order valence-electron chi connectivity index (χ1n) is 15.2. The molecule has 2 amide bonds. The number of nitrogens with one attached hydrogen (secondary N) is 1. The molecule has 0 unspecified atom stereocenters. The number of carbonyl (C=O) groups is 2. The van der Waals surface area contributed by atoms with Gasteiger partial charge in [-0.15, -0.1) is 0 Å². The number of nitrogens with zero attached hydrogens (tertiary/aromatic N) is 2. The van der Waals surface area contributed by atoms with E-state index in [0.29, 0.717) is 24.3 Å². The van der Waals surface area contributed by atoms with Gasteiger partial charge in [0.2, 0.25) is 11.8 Å². The van der Waals surface area contributed by atoms with Crippen molar-refractivity contribution in [2.24, 2.45) is 0 Å². The van der Waals surface area contributed by atoms with Gasteiger partial charge in [0.1, 0.15) is 18.3 Å². The predicted octanol–water partition coefficient (Wildman–Crippen LogP) is 5.71. The van der Waals surface area contributed by atoms with Crippen LogP contribution >= 0.6 is 0 Å². The Balaban J connectivity index is 1.73. The van der Waals surface area contributed by atoms with E-state index in [-0.39, 0.29) is 23.4 Å². The zero-order valence-electron chi connectivity index (χ0n) is 25.4. The first-order valence-corrected chi connectivity index (χ1v) is 16.6. The van der Waals surface area contributed by atoms with Crippen molar-refractivity contribution in [3.63, 3.8) is 0 Å². The fourth-order valence-electron chi connectivity index (χ4n) is 5.72. The summed E-state index contributed by atoms with van der Waals surface area (Å²) in [6.45, 7) is 3.50. The summed E-state index contributed by atoms with van der Waals surface area (Å²) in [7, 11) is -2.53. The summed E-state index contributed by atoms with van der Waals surface area (Å²) in [6, 6.07) is 22.0. The molecule has 0 spiro atoms. The fraction of sp³-hybridized carbons (Fsp3) is 0.412. The van der Waals surface area contributed by atoms with Crippen molar-refractivity contribution in [3.05, 3.63) is 90.0 Å². The fourth-order valence-corrected chi connectivity index (χ4v) is 7.19. The minimum atomic E-state index is -4.11. The SMILES string of the molecule is CCc1ccccc1N(CC(=O)N(Cc1cccc(OC)c1)[C@H](CC)C(=O)NC1CCCCC1)S(=O)(=O)c1ccccc1. The third-order valence-corrected chi connectivity index (χ3v) is 9.85. The molecule has 0 aromatic heterocycles. The Morgan fingerprint density at radius 3 is 2.30 bits per heavy atom. The highest BCUT2D eigenvalue weighted by Gasteiger charge is 2.35. The summed E-state index contributed by atoms with van der Waals surface area (Å²) in [5, 5.41) is 3.18. The van der Waals surface area contributed by atoms with Crippen LogP contribution in [0.5, 0.6) is 5.75 Å². The number of aryl methyl sites for hydroxylation is 1. The van der Waals surface area contributed by atoms with Crippen LogP contribution in [0.1, 0.15) is 63.5 Å². The Morgan fingerprint density at radius 1 is 0.930 bits per heavy atom. The average molecular weight is 606 g/mol. The Morgan fingerprint density at radius 2 is 1.63 bits per heavy atom. The number of hydrogen-bond acceptors (Lipinski definition) is 5. The standard InChI is InChI=1S/C34H43N3O5S/c1-4-27-16-12-13-22-32(27)37(43(40,41)30-20-10-7-11-21-30)25-33(38)36(24-26-15-14-19-29(23-26)42-3)31(5-2)34(39)35-28-17-8-6-9-18-28/h7,10-16,19-23,28,31H,4-6,8-9,17-18,24-25H2,1-3H3,(H,35,39)/t31-/m1/s1. The van der Waals surface area contributed by atoms with Crippen molar-refractivity contribution in [1.29, 1.82) is 0 Å². The maximum absolute atomic E-state index is 14.4. The minimum absolute atomic E-state index is 0.0791. The molecule has 0 bridgehead atoms. The quantitative estimate of drug-likeness (QED) is 0.269. The summed E-state index contributed by atoms with van der Waals surface area (Å²) >= 11 is 0. The van der Waals surface area contributed by atoms with Gasteiger partial charge in [-0.2, -0.15) is 0 Å². The van der Waals surface area contributed by atoms with Crippen LogP contribution in [0.2, 0.25) is 0 Å². The van der Waals surface area contributed by atoms with Crippen molar-refractivity contribution < 1.29 is 22.7 Å². The van der Waals surface area contributed by atoms with Crippen LogP contribution in [0.3, 0.4) is 0 Å². The van der Waals surface area contributed by atoms with Gasteiger partial charge in [-0.25, -0.2) is 8.42 Å². The number of rotatable bonds is 13. The van der Waals surface area contributed by atoms with Crippen LogP contribution < -0.4 is 14.4 Å². The first kappa shape index (κ1) is 32.1. The van der Waals surface area contributed by atoms with Gasteiger partial charge in [0.05, 0.1) is 17.7 Å².